The molecule has 0 aliphatic rings. The quantitative estimate of drug-likeness (QED) is 0.379. The van der Waals surface area contributed by atoms with Crippen LogP contribution in [-0.2, 0) is 0 Å². The number of benzene rings is 1. The number of halogens is 1. The van der Waals surface area contributed by atoms with Gasteiger partial charge in [-0.25, -0.2) is 0 Å². The molecule has 0 bridgehead atoms. The van der Waals surface area contributed by atoms with Crippen molar-refractivity contribution in [2.45, 2.75) is 6.42 Å². The molecular formula is C11H13BrN4O2. The monoisotopic (exact) mass is 312 g/mol. The van der Waals surface area contributed by atoms with Crippen LogP contribution in [0.3, 0.4) is 0 Å². The molecule has 0 aliphatic carbocycles. The highest BCUT2D eigenvalue weighted by Gasteiger charge is 2.10. The molecule has 0 aromatic heterocycles. The van der Waals surface area contributed by atoms with Gasteiger partial charge in [-0.15, -0.1) is 0 Å². The van der Waals surface area contributed by atoms with Crippen LogP contribution >= 0.6 is 15.9 Å². The highest BCUT2D eigenvalue weighted by atomic mass is 79.9. The SMILES string of the molecule is COc1ccc(Br)c(C(=O)NCCCN=[N+]=[N-])c1. The first-order valence-electron chi connectivity index (χ1n) is 5.31. The summed E-state index contributed by atoms with van der Waals surface area (Å²) in [6.07, 6.45) is 0.609. The Labute approximate surface area is 113 Å². The lowest BCUT2D eigenvalue weighted by Gasteiger charge is -2.08. The number of hydrogen-bond acceptors (Lipinski definition) is 3. The third kappa shape index (κ3) is 4.27. The third-order valence-corrected chi connectivity index (χ3v) is 2.89. The van der Waals surface area contributed by atoms with E-state index in [1.807, 2.05) is 0 Å². The minimum absolute atomic E-state index is 0.193. The van der Waals surface area contributed by atoms with Crippen molar-refractivity contribution < 1.29 is 9.53 Å². The van der Waals surface area contributed by atoms with Gasteiger partial charge in [0, 0.05) is 22.5 Å². The molecule has 0 heterocycles. The van der Waals surface area contributed by atoms with E-state index in [2.05, 4.69) is 31.3 Å². The average molecular weight is 313 g/mol. The normalized spacial score (nSPS) is 9.44. The van der Waals surface area contributed by atoms with E-state index in [4.69, 9.17) is 10.3 Å². The summed E-state index contributed by atoms with van der Waals surface area (Å²) in [5.74, 6) is 0.430. The predicted octanol–water partition coefficient (Wildman–Crippen LogP) is 2.89. The Bertz CT molecular complexity index is 472. The van der Waals surface area contributed by atoms with Crippen LogP contribution in [-0.4, -0.2) is 26.1 Å². The lowest BCUT2D eigenvalue weighted by molar-refractivity contribution is 0.0952. The van der Waals surface area contributed by atoms with Crippen LogP contribution < -0.4 is 10.1 Å². The number of rotatable bonds is 6. The number of nitrogens with one attached hydrogen (secondary N) is 1. The summed E-state index contributed by atoms with van der Waals surface area (Å²) in [7, 11) is 1.55. The zero-order valence-electron chi connectivity index (χ0n) is 9.89. The van der Waals surface area contributed by atoms with Crippen LogP contribution in [0.5, 0.6) is 5.75 Å². The maximum Gasteiger partial charge on any atom is 0.252 e. The highest BCUT2D eigenvalue weighted by Crippen LogP contribution is 2.22. The van der Waals surface area contributed by atoms with Crippen LogP contribution in [0.1, 0.15) is 16.8 Å². The Morgan fingerprint density at radius 2 is 2.39 bits per heavy atom. The number of ether oxygens (including phenoxy) is 1. The summed E-state index contributed by atoms with van der Waals surface area (Å²) in [6, 6.07) is 5.18. The standard InChI is InChI=1S/C11H13BrN4O2/c1-18-8-3-4-10(12)9(7-8)11(17)14-5-2-6-15-16-13/h3-4,7H,2,5-6H2,1H3,(H,14,17). The Morgan fingerprint density at radius 1 is 1.61 bits per heavy atom. The lowest BCUT2D eigenvalue weighted by atomic mass is 10.2. The van der Waals surface area contributed by atoms with Gasteiger partial charge in [0.15, 0.2) is 0 Å². The van der Waals surface area contributed by atoms with Crippen LogP contribution in [0.2, 0.25) is 0 Å². The molecule has 0 fully saturated rings. The van der Waals surface area contributed by atoms with Gasteiger partial charge in [0.2, 0.25) is 0 Å². The molecule has 18 heavy (non-hydrogen) atoms. The average Bonchev–Trinajstić information content (AvgIpc) is 2.39. The second-order valence-electron chi connectivity index (χ2n) is 3.41. The lowest BCUT2D eigenvalue weighted by Crippen LogP contribution is -2.25. The maximum absolute atomic E-state index is 11.9. The van der Waals surface area contributed by atoms with Crippen LogP contribution in [0, 0.1) is 0 Å². The number of nitrogens with zero attached hydrogens (tertiary/aromatic N) is 3. The van der Waals surface area contributed by atoms with Gasteiger partial charge in [-0.2, -0.15) is 0 Å². The van der Waals surface area contributed by atoms with Gasteiger partial charge in [0.25, 0.3) is 5.91 Å². The Balaban J connectivity index is 2.57. The predicted molar refractivity (Wildman–Crippen MR) is 71.7 cm³/mol. The minimum Gasteiger partial charge on any atom is -0.497 e. The van der Waals surface area contributed by atoms with E-state index in [0.29, 0.717) is 35.3 Å². The fourth-order valence-corrected chi connectivity index (χ4v) is 1.72. The van der Waals surface area contributed by atoms with Gasteiger partial charge < -0.3 is 10.1 Å². The summed E-state index contributed by atoms with van der Waals surface area (Å²) in [4.78, 5) is 14.5. The molecule has 0 atom stereocenters. The van der Waals surface area contributed by atoms with Crippen molar-refractivity contribution in [2.75, 3.05) is 20.2 Å². The van der Waals surface area contributed by atoms with Gasteiger partial charge in [-0.3, -0.25) is 4.79 Å². The number of amides is 1. The molecule has 1 aromatic rings. The van der Waals surface area contributed by atoms with Gasteiger partial charge in [0.1, 0.15) is 5.75 Å². The van der Waals surface area contributed by atoms with E-state index in [1.54, 1.807) is 25.3 Å². The molecule has 1 amide bonds. The summed E-state index contributed by atoms with van der Waals surface area (Å²) >= 11 is 3.31. The second-order valence-corrected chi connectivity index (χ2v) is 4.26. The molecule has 1 rings (SSSR count). The third-order valence-electron chi connectivity index (χ3n) is 2.20. The highest BCUT2D eigenvalue weighted by molar-refractivity contribution is 9.10. The van der Waals surface area contributed by atoms with E-state index in [9.17, 15) is 4.79 Å². The van der Waals surface area contributed by atoms with E-state index in [1.165, 1.54) is 0 Å². The van der Waals surface area contributed by atoms with E-state index < -0.39 is 0 Å². The molecule has 0 spiro atoms. The largest absolute Gasteiger partial charge is 0.497 e. The van der Waals surface area contributed by atoms with E-state index >= 15 is 0 Å². The van der Waals surface area contributed by atoms with Gasteiger partial charge >= 0.3 is 0 Å². The molecule has 1 aromatic carbocycles. The van der Waals surface area contributed by atoms with Crippen LogP contribution in [0.25, 0.3) is 10.4 Å². The summed E-state index contributed by atoms with van der Waals surface area (Å²) in [5.41, 5.74) is 8.61. The van der Waals surface area contributed by atoms with E-state index in [-0.39, 0.29) is 5.91 Å². The first-order chi connectivity index (χ1) is 8.69. The molecule has 0 saturated carbocycles. The van der Waals surface area contributed by atoms with E-state index in [0.717, 1.165) is 0 Å². The van der Waals surface area contributed by atoms with Crippen molar-refractivity contribution in [3.63, 3.8) is 0 Å². The zero-order valence-corrected chi connectivity index (χ0v) is 11.5. The maximum atomic E-state index is 11.9. The molecule has 0 radical (unpaired) electrons. The number of azide groups is 1. The fraction of sp³-hybridized carbons (Fsp3) is 0.364. The molecule has 0 unspecified atom stereocenters. The van der Waals surface area contributed by atoms with Crippen molar-refractivity contribution in [3.8, 4) is 5.75 Å². The number of methoxy groups -OCH3 is 1. The van der Waals surface area contributed by atoms with Crippen LogP contribution in [0.15, 0.2) is 27.8 Å². The fourth-order valence-electron chi connectivity index (χ4n) is 1.30. The minimum atomic E-state index is -0.193. The van der Waals surface area contributed by atoms with Gasteiger partial charge in [-0.05, 0) is 46.1 Å². The molecule has 6 nitrogen and oxygen atoms in total. The Morgan fingerprint density at radius 3 is 3.06 bits per heavy atom. The Kier molecular flexibility index (Phi) is 6.04. The summed E-state index contributed by atoms with van der Waals surface area (Å²) in [6.45, 7) is 0.831. The number of carbonyl (C=O) groups is 1. The van der Waals surface area contributed by atoms with Gasteiger partial charge in [-0.1, -0.05) is 5.11 Å². The first-order valence-corrected chi connectivity index (χ1v) is 6.11. The van der Waals surface area contributed by atoms with Gasteiger partial charge in [0.05, 0.1) is 12.7 Å². The molecule has 7 heteroatoms. The number of hydrogen-bond donors (Lipinski definition) is 1. The number of carbonyl (C=O) groups excluding carboxylic acids is 1. The second kappa shape index (κ2) is 7.58. The van der Waals surface area contributed by atoms with Crippen molar-refractivity contribution >= 4 is 21.8 Å². The van der Waals surface area contributed by atoms with Crippen molar-refractivity contribution in [1.29, 1.82) is 0 Å². The van der Waals surface area contributed by atoms with Crippen molar-refractivity contribution in [2.24, 2.45) is 5.11 Å². The Hall–Kier alpha value is -1.72. The smallest absolute Gasteiger partial charge is 0.252 e. The van der Waals surface area contributed by atoms with Crippen molar-refractivity contribution in [1.82, 2.24) is 5.32 Å². The molecule has 96 valence electrons. The zero-order chi connectivity index (χ0) is 13.4. The molecule has 0 saturated heterocycles. The van der Waals surface area contributed by atoms with Crippen LogP contribution in [0.4, 0.5) is 0 Å². The topological polar surface area (TPSA) is 87.1 Å². The summed E-state index contributed by atoms with van der Waals surface area (Å²) in [5, 5.41) is 6.13. The van der Waals surface area contributed by atoms with Crippen molar-refractivity contribution in [3.05, 3.63) is 38.7 Å². The molecule has 1 N–H and O–H groups in total. The molecule has 0 aliphatic heterocycles. The first kappa shape index (κ1) is 14.3. The molecular weight excluding hydrogens is 300 g/mol. The summed E-state index contributed by atoms with van der Waals surface area (Å²) < 4.78 is 5.77.